The molecule has 20 heavy (non-hydrogen) atoms. The van der Waals surface area contributed by atoms with Gasteiger partial charge in [-0.25, -0.2) is 0 Å². The summed E-state index contributed by atoms with van der Waals surface area (Å²) >= 11 is 5.87. The number of halogens is 1. The molecule has 0 radical (unpaired) electrons. The summed E-state index contributed by atoms with van der Waals surface area (Å²) in [5, 5.41) is 3.42. The lowest BCUT2D eigenvalue weighted by atomic mass is 10.1. The molecule has 0 bridgehead atoms. The van der Waals surface area contributed by atoms with E-state index in [2.05, 4.69) is 17.2 Å². The van der Waals surface area contributed by atoms with Crippen LogP contribution in [0.3, 0.4) is 0 Å². The zero-order chi connectivity index (χ0) is 14.4. The predicted molar refractivity (Wildman–Crippen MR) is 81.8 cm³/mol. The molecule has 100 valence electrons. The van der Waals surface area contributed by atoms with Crippen molar-refractivity contribution in [3.05, 3.63) is 70.2 Å². The van der Waals surface area contributed by atoms with Crippen LogP contribution in [0.15, 0.2) is 48.5 Å². The lowest BCUT2D eigenvalue weighted by Crippen LogP contribution is -2.23. The van der Waals surface area contributed by atoms with Gasteiger partial charge >= 0.3 is 0 Å². The fourth-order valence-electron chi connectivity index (χ4n) is 1.73. The second-order valence-corrected chi connectivity index (χ2v) is 4.80. The maximum Gasteiger partial charge on any atom is 0.252 e. The normalized spacial score (nSPS) is 9.50. The lowest BCUT2D eigenvalue weighted by molar-refractivity contribution is 0.0958. The van der Waals surface area contributed by atoms with Gasteiger partial charge in [0, 0.05) is 16.1 Å². The van der Waals surface area contributed by atoms with E-state index < -0.39 is 0 Å². The summed E-state index contributed by atoms with van der Waals surface area (Å²) < 4.78 is 0. The number of hydrogen-bond donors (Lipinski definition) is 1. The second-order valence-electron chi connectivity index (χ2n) is 4.36. The molecule has 2 rings (SSSR count). The minimum absolute atomic E-state index is 0.117. The Morgan fingerprint density at radius 1 is 1.20 bits per heavy atom. The van der Waals surface area contributed by atoms with Crippen molar-refractivity contribution in [2.24, 2.45) is 0 Å². The third-order valence-electron chi connectivity index (χ3n) is 2.67. The van der Waals surface area contributed by atoms with Gasteiger partial charge < -0.3 is 5.32 Å². The molecule has 0 aliphatic carbocycles. The first-order chi connectivity index (χ1) is 9.65. The molecular weight excluding hydrogens is 270 g/mol. The van der Waals surface area contributed by atoms with Gasteiger partial charge in [-0.05, 0) is 37.3 Å². The van der Waals surface area contributed by atoms with E-state index in [1.807, 2.05) is 37.3 Å². The molecule has 0 spiro atoms. The number of carbonyl (C=O) groups is 1. The van der Waals surface area contributed by atoms with Crippen LogP contribution >= 0.6 is 11.6 Å². The third-order valence-corrected chi connectivity index (χ3v) is 2.91. The van der Waals surface area contributed by atoms with Crippen LogP contribution in [0.1, 0.15) is 21.5 Å². The highest BCUT2D eigenvalue weighted by Gasteiger charge is 2.02. The summed E-state index contributed by atoms with van der Waals surface area (Å²) in [5.74, 6) is 5.74. The number of amides is 1. The highest BCUT2D eigenvalue weighted by Crippen LogP contribution is 2.09. The Morgan fingerprint density at radius 3 is 2.75 bits per heavy atom. The van der Waals surface area contributed by atoms with Crippen molar-refractivity contribution >= 4 is 17.5 Å². The van der Waals surface area contributed by atoms with Gasteiger partial charge in [-0.3, -0.25) is 4.79 Å². The fraction of sp³-hybridized carbons (Fsp3) is 0.118. The summed E-state index contributed by atoms with van der Waals surface area (Å²) in [6.07, 6.45) is 0. The number of rotatable bonds is 2. The van der Waals surface area contributed by atoms with Crippen LogP contribution in [0.2, 0.25) is 5.02 Å². The average Bonchev–Trinajstić information content (AvgIpc) is 2.43. The van der Waals surface area contributed by atoms with Crippen molar-refractivity contribution in [3.63, 3.8) is 0 Å². The number of hydrogen-bond acceptors (Lipinski definition) is 1. The number of benzene rings is 2. The van der Waals surface area contributed by atoms with E-state index in [-0.39, 0.29) is 5.91 Å². The largest absolute Gasteiger partial charge is 0.341 e. The number of nitrogens with one attached hydrogen (secondary N) is 1. The highest BCUT2D eigenvalue weighted by atomic mass is 35.5. The Bertz CT molecular complexity index is 683. The van der Waals surface area contributed by atoms with Crippen LogP contribution in [0, 0.1) is 18.8 Å². The Labute approximate surface area is 123 Å². The quantitative estimate of drug-likeness (QED) is 0.841. The minimum Gasteiger partial charge on any atom is -0.341 e. The topological polar surface area (TPSA) is 29.1 Å². The molecule has 0 saturated heterocycles. The zero-order valence-electron chi connectivity index (χ0n) is 11.1. The molecule has 1 amide bonds. The summed E-state index contributed by atoms with van der Waals surface area (Å²) in [5.41, 5.74) is 2.54. The van der Waals surface area contributed by atoms with E-state index in [4.69, 9.17) is 11.6 Å². The van der Waals surface area contributed by atoms with E-state index in [1.165, 1.54) is 0 Å². The fourth-order valence-corrected chi connectivity index (χ4v) is 1.92. The SMILES string of the molecule is Cc1cccc(C(=O)NCC#Cc2cccc(Cl)c2)c1. The molecule has 0 heterocycles. The number of aryl methyl sites for hydroxylation is 1. The van der Waals surface area contributed by atoms with Gasteiger partial charge in [0.15, 0.2) is 0 Å². The predicted octanol–water partition coefficient (Wildman–Crippen LogP) is 3.43. The van der Waals surface area contributed by atoms with Crippen molar-refractivity contribution in [3.8, 4) is 11.8 Å². The van der Waals surface area contributed by atoms with Crippen molar-refractivity contribution in [1.82, 2.24) is 5.32 Å². The molecule has 2 aromatic carbocycles. The van der Waals surface area contributed by atoms with E-state index in [0.29, 0.717) is 17.1 Å². The van der Waals surface area contributed by atoms with Crippen LogP contribution in [0.4, 0.5) is 0 Å². The summed E-state index contributed by atoms with van der Waals surface area (Å²) in [6, 6.07) is 14.8. The molecule has 0 atom stereocenters. The maximum atomic E-state index is 11.9. The van der Waals surface area contributed by atoms with Crippen LogP contribution in [-0.2, 0) is 0 Å². The first-order valence-electron chi connectivity index (χ1n) is 6.24. The molecule has 0 aromatic heterocycles. The van der Waals surface area contributed by atoms with Crippen LogP contribution in [0.5, 0.6) is 0 Å². The van der Waals surface area contributed by atoms with Crippen LogP contribution in [0.25, 0.3) is 0 Å². The van der Waals surface area contributed by atoms with Gasteiger partial charge in [0.25, 0.3) is 5.91 Å². The highest BCUT2D eigenvalue weighted by molar-refractivity contribution is 6.30. The van der Waals surface area contributed by atoms with E-state index in [9.17, 15) is 4.79 Å². The van der Waals surface area contributed by atoms with E-state index in [0.717, 1.165) is 11.1 Å². The van der Waals surface area contributed by atoms with Crippen molar-refractivity contribution in [2.45, 2.75) is 6.92 Å². The van der Waals surface area contributed by atoms with Gasteiger partial charge in [0.2, 0.25) is 0 Å². The van der Waals surface area contributed by atoms with Crippen molar-refractivity contribution in [2.75, 3.05) is 6.54 Å². The Morgan fingerprint density at radius 2 is 2.00 bits per heavy atom. The minimum atomic E-state index is -0.117. The second kappa shape index (κ2) is 6.79. The Kier molecular flexibility index (Phi) is 4.81. The summed E-state index contributed by atoms with van der Waals surface area (Å²) in [4.78, 5) is 11.9. The molecule has 3 heteroatoms. The summed E-state index contributed by atoms with van der Waals surface area (Å²) in [7, 11) is 0. The smallest absolute Gasteiger partial charge is 0.252 e. The molecule has 0 saturated carbocycles. The Hall–Kier alpha value is -2.24. The third kappa shape index (κ3) is 4.15. The first-order valence-corrected chi connectivity index (χ1v) is 6.62. The van der Waals surface area contributed by atoms with Gasteiger partial charge in [-0.15, -0.1) is 0 Å². The van der Waals surface area contributed by atoms with Gasteiger partial charge in [-0.2, -0.15) is 0 Å². The van der Waals surface area contributed by atoms with Crippen molar-refractivity contribution < 1.29 is 4.79 Å². The van der Waals surface area contributed by atoms with Crippen molar-refractivity contribution in [1.29, 1.82) is 0 Å². The van der Waals surface area contributed by atoms with Gasteiger partial charge in [0.05, 0.1) is 6.54 Å². The van der Waals surface area contributed by atoms with Gasteiger partial charge in [0.1, 0.15) is 0 Å². The van der Waals surface area contributed by atoms with E-state index >= 15 is 0 Å². The molecule has 1 N–H and O–H groups in total. The maximum absolute atomic E-state index is 11.9. The molecular formula is C17H14ClNO. The standard InChI is InChI=1S/C17H14ClNO/c1-13-5-2-8-15(11-13)17(20)19-10-4-7-14-6-3-9-16(18)12-14/h2-3,5-6,8-9,11-12H,10H2,1H3,(H,19,20). The molecule has 0 unspecified atom stereocenters. The average molecular weight is 284 g/mol. The number of carbonyl (C=O) groups excluding carboxylic acids is 1. The first kappa shape index (κ1) is 14.2. The van der Waals surface area contributed by atoms with Crippen LogP contribution < -0.4 is 5.32 Å². The Balaban J connectivity index is 1.92. The van der Waals surface area contributed by atoms with E-state index in [1.54, 1.807) is 18.2 Å². The molecule has 2 aromatic rings. The van der Waals surface area contributed by atoms with Gasteiger partial charge in [-0.1, -0.05) is 47.2 Å². The molecule has 0 fully saturated rings. The monoisotopic (exact) mass is 283 g/mol. The zero-order valence-corrected chi connectivity index (χ0v) is 11.9. The van der Waals surface area contributed by atoms with Crippen LogP contribution in [-0.4, -0.2) is 12.5 Å². The molecule has 2 nitrogen and oxygen atoms in total. The lowest BCUT2D eigenvalue weighted by Gasteiger charge is -2.02. The summed E-state index contributed by atoms with van der Waals surface area (Å²) in [6.45, 7) is 2.26. The molecule has 0 aliphatic heterocycles. The molecule has 0 aliphatic rings.